The van der Waals surface area contributed by atoms with Gasteiger partial charge in [-0.1, -0.05) is 33.1 Å². The fraction of sp³-hybridized carbons (Fsp3) is 0.682. The molecule has 1 heterocycles. The maximum atomic E-state index is 13.2. The van der Waals surface area contributed by atoms with E-state index in [0.29, 0.717) is 31.2 Å². The Kier molecular flexibility index (Phi) is 10.1. The number of nitrogens with one attached hydrogen (secondary N) is 2. The van der Waals surface area contributed by atoms with Gasteiger partial charge < -0.3 is 10.1 Å². The van der Waals surface area contributed by atoms with E-state index in [2.05, 4.69) is 29.6 Å². The van der Waals surface area contributed by atoms with Gasteiger partial charge in [0.05, 0.1) is 6.61 Å². The highest BCUT2D eigenvalue weighted by atomic mass is 16.5. The van der Waals surface area contributed by atoms with Gasteiger partial charge in [-0.15, -0.1) is 0 Å². The number of ether oxygens (including phenoxy) is 1. The largest absolute Gasteiger partial charge is 0.383 e. The summed E-state index contributed by atoms with van der Waals surface area (Å²) in [4.78, 5) is 30.0. The molecule has 0 unspecified atom stereocenters. The molecule has 7 heteroatoms. The molecule has 1 aromatic rings. The maximum Gasteiger partial charge on any atom is 0.265 e. The van der Waals surface area contributed by atoms with Crippen molar-refractivity contribution in [3.8, 4) is 0 Å². The van der Waals surface area contributed by atoms with Crippen LogP contribution in [-0.2, 0) is 9.53 Å². The van der Waals surface area contributed by atoms with E-state index in [9.17, 15) is 9.59 Å². The van der Waals surface area contributed by atoms with Crippen molar-refractivity contribution in [2.75, 3.05) is 26.8 Å². The number of carbonyl (C=O) groups is 2. The van der Waals surface area contributed by atoms with Crippen LogP contribution in [-0.4, -0.2) is 54.7 Å². The van der Waals surface area contributed by atoms with E-state index < -0.39 is 0 Å². The summed E-state index contributed by atoms with van der Waals surface area (Å²) in [5.41, 5.74) is 3.57. The molecule has 1 atom stereocenters. The van der Waals surface area contributed by atoms with Crippen LogP contribution in [0.1, 0.15) is 62.7 Å². The lowest BCUT2D eigenvalue weighted by molar-refractivity contribution is -0.130. The van der Waals surface area contributed by atoms with Crippen molar-refractivity contribution >= 4 is 11.8 Å². The lowest BCUT2D eigenvalue weighted by Crippen LogP contribution is -2.58. The molecule has 2 N–H and O–H groups in total. The second-order valence-corrected chi connectivity index (χ2v) is 8.18. The second kappa shape index (κ2) is 12.5. The van der Waals surface area contributed by atoms with Crippen LogP contribution in [0.3, 0.4) is 0 Å². The van der Waals surface area contributed by atoms with Gasteiger partial charge in [-0.2, -0.15) is 0 Å². The molecule has 0 radical (unpaired) electrons. The average Bonchev–Trinajstić information content (AvgIpc) is 2.73. The molecular formula is C22H36N4O3. The number of hydrogen-bond donors (Lipinski definition) is 2. The topological polar surface area (TPSA) is 83.6 Å². The van der Waals surface area contributed by atoms with Gasteiger partial charge in [0, 0.05) is 38.2 Å². The molecule has 29 heavy (non-hydrogen) atoms. The highest BCUT2D eigenvalue weighted by Gasteiger charge is 2.35. The smallest absolute Gasteiger partial charge is 0.265 e. The monoisotopic (exact) mass is 404 g/mol. The van der Waals surface area contributed by atoms with E-state index >= 15 is 0 Å². The number of nitrogens with zero attached hydrogens (tertiary/aromatic N) is 2. The summed E-state index contributed by atoms with van der Waals surface area (Å²) in [7, 11) is 1.62. The van der Waals surface area contributed by atoms with Crippen molar-refractivity contribution in [2.45, 2.75) is 58.4 Å². The van der Waals surface area contributed by atoms with Gasteiger partial charge >= 0.3 is 0 Å². The Hall–Kier alpha value is -1.99. The fourth-order valence-corrected chi connectivity index (χ4v) is 3.80. The first-order valence-electron chi connectivity index (χ1n) is 10.8. The third-order valence-electron chi connectivity index (χ3n) is 5.44. The SMILES string of the molecule is COCCNC(=O)[C@H](C1CCCCC1)N(CCC(C)C)NC(=O)c1ccncc1. The van der Waals surface area contributed by atoms with Crippen molar-refractivity contribution < 1.29 is 14.3 Å². The minimum Gasteiger partial charge on any atom is -0.383 e. The number of methoxy groups -OCH3 is 1. The van der Waals surface area contributed by atoms with Gasteiger partial charge in [-0.05, 0) is 43.2 Å². The van der Waals surface area contributed by atoms with Crippen LogP contribution in [0, 0.1) is 11.8 Å². The number of hydrazine groups is 1. The number of carbonyl (C=O) groups excluding carboxylic acids is 2. The number of rotatable bonds is 11. The molecule has 0 aliphatic heterocycles. The second-order valence-electron chi connectivity index (χ2n) is 8.18. The van der Waals surface area contributed by atoms with E-state index in [0.717, 1.165) is 32.1 Å². The summed E-state index contributed by atoms with van der Waals surface area (Å²) in [6, 6.07) is 2.99. The molecule has 1 aliphatic carbocycles. The van der Waals surface area contributed by atoms with Crippen molar-refractivity contribution in [1.82, 2.24) is 20.7 Å². The lowest BCUT2D eigenvalue weighted by Gasteiger charge is -2.38. The first kappa shape index (κ1) is 23.3. The first-order chi connectivity index (χ1) is 14.0. The summed E-state index contributed by atoms with van der Waals surface area (Å²) in [6.07, 6.45) is 9.57. The zero-order chi connectivity index (χ0) is 21.1. The van der Waals surface area contributed by atoms with Crippen LogP contribution in [0.5, 0.6) is 0 Å². The molecule has 7 nitrogen and oxygen atoms in total. The summed E-state index contributed by atoms with van der Waals surface area (Å²) < 4.78 is 5.08. The molecular weight excluding hydrogens is 368 g/mol. The quantitative estimate of drug-likeness (QED) is 0.438. The molecule has 162 valence electrons. The third-order valence-corrected chi connectivity index (χ3v) is 5.44. The maximum absolute atomic E-state index is 13.2. The van der Waals surface area contributed by atoms with Gasteiger partial charge in [0.15, 0.2) is 0 Å². The van der Waals surface area contributed by atoms with Crippen LogP contribution in [0.2, 0.25) is 0 Å². The normalized spacial score (nSPS) is 16.0. The van der Waals surface area contributed by atoms with Gasteiger partial charge in [0.2, 0.25) is 5.91 Å². The number of pyridine rings is 1. The minimum atomic E-state index is -0.378. The van der Waals surface area contributed by atoms with Crippen molar-refractivity contribution in [3.63, 3.8) is 0 Å². The molecule has 1 fully saturated rings. The Morgan fingerprint density at radius 1 is 1.21 bits per heavy atom. The van der Waals surface area contributed by atoms with Crippen LogP contribution < -0.4 is 10.7 Å². The van der Waals surface area contributed by atoms with Crippen LogP contribution >= 0.6 is 0 Å². The van der Waals surface area contributed by atoms with Gasteiger partial charge in [0.1, 0.15) is 6.04 Å². The first-order valence-corrected chi connectivity index (χ1v) is 10.8. The van der Waals surface area contributed by atoms with Gasteiger partial charge in [-0.25, -0.2) is 5.01 Å². The average molecular weight is 405 g/mol. The van der Waals surface area contributed by atoms with Crippen molar-refractivity contribution in [2.24, 2.45) is 11.8 Å². The molecule has 0 aromatic carbocycles. The van der Waals surface area contributed by atoms with E-state index in [4.69, 9.17) is 4.74 Å². The van der Waals surface area contributed by atoms with Crippen LogP contribution in [0.25, 0.3) is 0 Å². The standard InChI is InChI=1S/C22H36N4O3/c1-17(2)11-15-26(25-21(27)19-9-12-23-13-10-19)20(18-7-5-4-6-8-18)22(28)24-14-16-29-3/h9-10,12-13,17-18,20H,4-8,11,14-16H2,1-3H3,(H,24,28)(H,25,27)/t20-/m0/s1. The molecule has 1 aromatic heterocycles. The minimum absolute atomic E-state index is 0.0345. The highest BCUT2D eigenvalue weighted by molar-refractivity contribution is 5.94. The van der Waals surface area contributed by atoms with E-state index in [1.165, 1.54) is 6.42 Å². The zero-order valence-electron chi connectivity index (χ0n) is 18.0. The Morgan fingerprint density at radius 3 is 2.52 bits per heavy atom. The molecule has 1 aliphatic rings. The third kappa shape index (κ3) is 7.74. The Balaban J connectivity index is 2.20. The van der Waals surface area contributed by atoms with Crippen molar-refractivity contribution in [3.05, 3.63) is 30.1 Å². The number of amides is 2. The zero-order valence-corrected chi connectivity index (χ0v) is 18.0. The Bertz CT molecular complexity index is 618. The number of aromatic nitrogens is 1. The van der Waals surface area contributed by atoms with Crippen LogP contribution in [0.4, 0.5) is 0 Å². The molecule has 0 bridgehead atoms. The van der Waals surface area contributed by atoms with E-state index in [1.54, 1.807) is 31.6 Å². The number of hydrogen-bond acceptors (Lipinski definition) is 5. The van der Waals surface area contributed by atoms with Crippen molar-refractivity contribution in [1.29, 1.82) is 0 Å². The molecule has 0 saturated heterocycles. The van der Waals surface area contributed by atoms with E-state index in [-0.39, 0.29) is 23.8 Å². The Morgan fingerprint density at radius 2 is 1.90 bits per heavy atom. The Labute approximate surface area is 174 Å². The summed E-state index contributed by atoms with van der Waals surface area (Å²) in [5, 5.41) is 4.87. The van der Waals surface area contributed by atoms with Crippen LogP contribution in [0.15, 0.2) is 24.5 Å². The fourth-order valence-electron chi connectivity index (χ4n) is 3.80. The molecule has 1 saturated carbocycles. The summed E-state index contributed by atoms with van der Waals surface area (Å²) in [6.45, 7) is 5.87. The van der Waals surface area contributed by atoms with Gasteiger partial charge in [0.25, 0.3) is 5.91 Å². The van der Waals surface area contributed by atoms with E-state index in [1.807, 2.05) is 5.01 Å². The highest BCUT2D eigenvalue weighted by Crippen LogP contribution is 2.29. The predicted octanol–water partition coefficient (Wildman–Crippen LogP) is 2.79. The van der Waals surface area contributed by atoms with Gasteiger partial charge in [-0.3, -0.25) is 20.0 Å². The molecule has 2 rings (SSSR count). The summed E-state index contributed by atoms with van der Waals surface area (Å²) >= 11 is 0. The lowest BCUT2D eigenvalue weighted by atomic mass is 9.83. The predicted molar refractivity (Wildman–Crippen MR) is 113 cm³/mol. The molecule has 0 spiro atoms. The molecule has 2 amide bonds. The summed E-state index contributed by atoms with van der Waals surface area (Å²) in [5.74, 6) is 0.462.